The minimum atomic E-state index is -1.61. The summed E-state index contributed by atoms with van der Waals surface area (Å²) in [6.07, 6.45) is 0. The molecule has 0 fully saturated rings. The zero-order chi connectivity index (χ0) is 11.4. The van der Waals surface area contributed by atoms with E-state index in [1.165, 1.54) is 25.3 Å². The molecule has 0 bridgehead atoms. The molecular formula is C10H9FO4. The molecule has 0 saturated carbocycles. The summed E-state index contributed by atoms with van der Waals surface area (Å²) in [6.45, 7) is -0.946. The molecule has 0 aliphatic rings. The fraction of sp³-hybridized carbons (Fsp3) is 0.200. The van der Waals surface area contributed by atoms with Crippen molar-refractivity contribution in [2.75, 3.05) is 7.11 Å². The SMILES string of the molecule is COc1cccc(C(=O)C(=O)O)c1CF. The van der Waals surface area contributed by atoms with Crippen LogP contribution in [0, 0.1) is 0 Å². The van der Waals surface area contributed by atoms with Gasteiger partial charge in [0.15, 0.2) is 0 Å². The van der Waals surface area contributed by atoms with E-state index in [2.05, 4.69) is 0 Å². The van der Waals surface area contributed by atoms with E-state index in [1.807, 2.05) is 0 Å². The number of Topliss-reactive ketones (excluding diaryl/α,β-unsaturated/α-hetero) is 1. The third-order valence-electron chi connectivity index (χ3n) is 1.93. The molecule has 0 aliphatic carbocycles. The largest absolute Gasteiger partial charge is 0.496 e. The van der Waals surface area contributed by atoms with E-state index >= 15 is 0 Å². The Labute approximate surface area is 85.3 Å². The molecule has 0 aliphatic heterocycles. The second-order valence-corrected chi connectivity index (χ2v) is 2.75. The van der Waals surface area contributed by atoms with Crippen LogP contribution in [0.4, 0.5) is 4.39 Å². The Morgan fingerprint density at radius 2 is 2.13 bits per heavy atom. The van der Waals surface area contributed by atoms with Gasteiger partial charge in [-0.3, -0.25) is 4.79 Å². The van der Waals surface area contributed by atoms with Crippen LogP contribution in [0.3, 0.4) is 0 Å². The predicted octanol–water partition coefficient (Wildman–Crippen LogP) is 1.43. The van der Waals surface area contributed by atoms with Crippen molar-refractivity contribution >= 4 is 11.8 Å². The predicted molar refractivity (Wildman–Crippen MR) is 49.8 cm³/mol. The molecule has 0 amide bonds. The van der Waals surface area contributed by atoms with Gasteiger partial charge in [-0.2, -0.15) is 0 Å². The summed E-state index contributed by atoms with van der Waals surface area (Å²) in [5.41, 5.74) is -0.211. The van der Waals surface area contributed by atoms with Crippen LogP contribution >= 0.6 is 0 Å². The van der Waals surface area contributed by atoms with Gasteiger partial charge in [0.1, 0.15) is 12.4 Å². The molecular weight excluding hydrogens is 203 g/mol. The van der Waals surface area contributed by atoms with Gasteiger partial charge in [-0.05, 0) is 6.07 Å². The molecule has 15 heavy (non-hydrogen) atoms. The number of carboxylic acids is 1. The third-order valence-corrected chi connectivity index (χ3v) is 1.93. The van der Waals surface area contributed by atoms with Crippen molar-refractivity contribution in [1.82, 2.24) is 0 Å². The van der Waals surface area contributed by atoms with Crippen molar-refractivity contribution in [2.45, 2.75) is 6.67 Å². The lowest BCUT2D eigenvalue weighted by Crippen LogP contribution is -2.15. The lowest BCUT2D eigenvalue weighted by molar-refractivity contribution is -0.131. The first kappa shape index (κ1) is 11.2. The lowest BCUT2D eigenvalue weighted by atomic mass is 10.0. The minimum Gasteiger partial charge on any atom is -0.496 e. The number of aliphatic carboxylic acids is 1. The van der Waals surface area contributed by atoms with Gasteiger partial charge in [-0.25, -0.2) is 9.18 Å². The summed E-state index contributed by atoms with van der Waals surface area (Å²) in [4.78, 5) is 21.6. The molecule has 0 atom stereocenters. The maximum Gasteiger partial charge on any atom is 0.377 e. The average Bonchev–Trinajstić information content (AvgIpc) is 2.26. The number of rotatable bonds is 4. The third kappa shape index (κ3) is 2.12. The average molecular weight is 212 g/mol. The first-order valence-electron chi connectivity index (χ1n) is 4.11. The first-order valence-corrected chi connectivity index (χ1v) is 4.11. The smallest absolute Gasteiger partial charge is 0.377 e. The normalized spacial score (nSPS) is 9.73. The lowest BCUT2D eigenvalue weighted by Gasteiger charge is -2.08. The van der Waals surface area contributed by atoms with Crippen molar-refractivity contribution in [3.05, 3.63) is 29.3 Å². The molecule has 1 N–H and O–H groups in total. The van der Waals surface area contributed by atoms with E-state index in [0.29, 0.717) is 0 Å². The summed E-state index contributed by atoms with van der Waals surface area (Å²) in [5, 5.41) is 8.51. The molecule has 1 rings (SSSR count). The summed E-state index contributed by atoms with van der Waals surface area (Å²) < 4.78 is 17.5. The first-order chi connectivity index (χ1) is 7.11. The van der Waals surface area contributed by atoms with Crippen LogP contribution in [0.25, 0.3) is 0 Å². The zero-order valence-corrected chi connectivity index (χ0v) is 7.99. The molecule has 4 nitrogen and oxygen atoms in total. The molecule has 0 saturated heterocycles. The highest BCUT2D eigenvalue weighted by Gasteiger charge is 2.20. The van der Waals surface area contributed by atoms with Gasteiger partial charge in [0, 0.05) is 11.1 Å². The van der Waals surface area contributed by atoms with Crippen molar-refractivity contribution in [3.8, 4) is 5.75 Å². The molecule has 0 heterocycles. The van der Waals surface area contributed by atoms with E-state index in [-0.39, 0.29) is 16.9 Å². The van der Waals surface area contributed by atoms with Crippen molar-refractivity contribution in [3.63, 3.8) is 0 Å². The van der Waals surface area contributed by atoms with E-state index < -0.39 is 18.4 Å². The molecule has 0 spiro atoms. The van der Waals surface area contributed by atoms with Crippen LogP contribution in [0.1, 0.15) is 15.9 Å². The standard InChI is InChI=1S/C10H9FO4/c1-15-8-4-2-3-6(7(8)5-11)9(12)10(13)14/h2-4H,5H2,1H3,(H,13,14). The van der Waals surface area contributed by atoms with Gasteiger partial charge in [0.25, 0.3) is 5.78 Å². The second-order valence-electron chi connectivity index (χ2n) is 2.75. The number of hydrogen-bond acceptors (Lipinski definition) is 3. The van der Waals surface area contributed by atoms with E-state index in [0.717, 1.165) is 0 Å². The van der Waals surface area contributed by atoms with Crippen LogP contribution in [-0.4, -0.2) is 24.0 Å². The number of methoxy groups -OCH3 is 1. The minimum absolute atomic E-state index is 0.0348. The van der Waals surface area contributed by atoms with Gasteiger partial charge in [-0.1, -0.05) is 12.1 Å². The molecule has 0 radical (unpaired) electrons. The Bertz CT molecular complexity index is 400. The van der Waals surface area contributed by atoms with Crippen molar-refractivity contribution < 1.29 is 23.8 Å². The van der Waals surface area contributed by atoms with Crippen LogP contribution < -0.4 is 4.74 Å². The highest BCUT2D eigenvalue weighted by atomic mass is 19.1. The molecule has 1 aromatic rings. The Morgan fingerprint density at radius 3 is 2.60 bits per heavy atom. The Kier molecular flexibility index (Phi) is 3.38. The number of carbonyl (C=O) groups is 2. The van der Waals surface area contributed by atoms with Crippen LogP contribution in [-0.2, 0) is 11.5 Å². The quantitative estimate of drug-likeness (QED) is 0.605. The highest BCUT2D eigenvalue weighted by molar-refractivity contribution is 6.40. The van der Waals surface area contributed by atoms with Crippen molar-refractivity contribution in [1.29, 1.82) is 0 Å². The zero-order valence-electron chi connectivity index (χ0n) is 7.99. The monoisotopic (exact) mass is 212 g/mol. The van der Waals surface area contributed by atoms with Gasteiger partial charge < -0.3 is 9.84 Å². The van der Waals surface area contributed by atoms with Crippen LogP contribution in [0.2, 0.25) is 0 Å². The topological polar surface area (TPSA) is 63.6 Å². The Balaban J connectivity index is 3.29. The van der Waals surface area contributed by atoms with Gasteiger partial charge in [0.2, 0.25) is 0 Å². The number of halogens is 1. The molecule has 80 valence electrons. The fourth-order valence-corrected chi connectivity index (χ4v) is 1.22. The number of ether oxygens (including phenoxy) is 1. The summed E-state index contributed by atoms with van der Waals surface area (Å²) in [7, 11) is 1.32. The van der Waals surface area contributed by atoms with E-state index in [9.17, 15) is 14.0 Å². The van der Waals surface area contributed by atoms with E-state index in [4.69, 9.17) is 9.84 Å². The van der Waals surface area contributed by atoms with Crippen LogP contribution in [0.5, 0.6) is 5.75 Å². The maximum atomic E-state index is 12.6. The maximum absolute atomic E-state index is 12.6. The number of carboxylic acid groups (broad SMARTS) is 1. The second kappa shape index (κ2) is 4.54. The van der Waals surface area contributed by atoms with Crippen LogP contribution in [0.15, 0.2) is 18.2 Å². The highest BCUT2D eigenvalue weighted by Crippen LogP contribution is 2.23. The Morgan fingerprint density at radius 1 is 1.47 bits per heavy atom. The summed E-state index contributed by atoms with van der Waals surface area (Å²) in [5.74, 6) is -2.58. The summed E-state index contributed by atoms with van der Waals surface area (Å²) >= 11 is 0. The number of alkyl halides is 1. The van der Waals surface area contributed by atoms with E-state index in [1.54, 1.807) is 0 Å². The number of carbonyl (C=O) groups excluding carboxylic acids is 1. The number of ketones is 1. The van der Waals surface area contributed by atoms with Crippen molar-refractivity contribution in [2.24, 2.45) is 0 Å². The molecule has 5 heteroatoms. The number of benzene rings is 1. The summed E-state index contributed by atoms with van der Waals surface area (Å²) in [6, 6.07) is 4.16. The molecule has 0 unspecified atom stereocenters. The van der Waals surface area contributed by atoms with Gasteiger partial charge in [0.05, 0.1) is 7.11 Å². The van der Waals surface area contributed by atoms with Gasteiger partial charge in [-0.15, -0.1) is 0 Å². The molecule has 0 aromatic heterocycles. The fourth-order valence-electron chi connectivity index (χ4n) is 1.22. The number of hydrogen-bond donors (Lipinski definition) is 1. The molecule has 1 aromatic carbocycles. The van der Waals surface area contributed by atoms with Gasteiger partial charge >= 0.3 is 5.97 Å². The Hall–Kier alpha value is -1.91.